The molecule has 1 aliphatic rings. The van der Waals surface area contributed by atoms with Crippen molar-refractivity contribution in [1.29, 1.82) is 0 Å². The van der Waals surface area contributed by atoms with Crippen LogP contribution in [0.1, 0.15) is 29.0 Å². The predicted molar refractivity (Wildman–Crippen MR) is 87.7 cm³/mol. The van der Waals surface area contributed by atoms with E-state index in [-0.39, 0.29) is 23.4 Å². The molecule has 1 aromatic carbocycles. The van der Waals surface area contributed by atoms with E-state index in [1.54, 1.807) is 6.92 Å². The van der Waals surface area contributed by atoms with Crippen LogP contribution in [0.4, 0.5) is 20.4 Å². The number of aryl methyl sites for hydroxylation is 1. The van der Waals surface area contributed by atoms with E-state index in [2.05, 4.69) is 20.6 Å². The fourth-order valence-electron chi connectivity index (χ4n) is 2.57. The van der Waals surface area contributed by atoms with Crippen LogP contribution in [0.3, 0.4) is 0 Å². The van der Waals surface area contributed by atoms with Gasteiger partial charge in [-0.1, -0.05) is 6.07 Å². The van der Waals surface area contributed by atoms with Crippen molar-refractivity contribution in [2.24, 2.45) is 0 Å². The number of halogens is 2. The molecule has 1 atom stereocenters. The summed E-state index contributed by atoms with van der Waals surface area (Å²) < 4.78 is 32.9. The van der Waals surface area contributed by atoms with Crippen molar-refractivity contribution in [1.82, 2.24) is 15.3 Å². The number of amides is 1. The van der Waals surface area contributed by atoms with E-state index < -0.39 is 17.5 Å². The second-order valence-electron chi connectivity index (χ2n) is 5.78. The number of aromatic nitrogens is 2. The Morgan fingerprint density at radius 2 is 2.08 bits per heavy atom. The molecular formula is C17H18F2N4O2. The zero-order chi connectivity index (χ0) is 17.8. The molecule has 6 nitrogen and oxygen atoms in total. The van der Waals surface area contributed by atoms with Gasteiger partial charge in [-0.2, -0.15) is 0 Å². The van der Waals surface area contributed by atoms with E-state index in [1.165, 1.54) is 12.1 Å². The first kappa shape index (κ1) is 17.2. The lowest BCUT2D eigenvalue weighted by atomic mass is 10.2. The standard InChI is InChI=1S/C17H18F2N4O2/c1-10-8-14(16(24)20-9-11-4-3-7-25-11)22-17(21-10)23-15-12(18)5-2-6-13(15)19/h2,5-6,8,11H,3-4,7,9H2,1H3,(H,20,24)(H,21,22,23). The number of ether oxygens (including phenoxy) is 1. The second-order valence-corrected chi connectivity index (χ2v) is 5.78. The molecule has 8 heteroatoms. The Labute approximate surface area is 143 Å². The van der Waals surface area contributed by atoms with E-state index >= 15 is 0 Å². The van der Waals surface area contributed by atoms with Gasteiger partial charge in [-0.15, -0.1) is 0 Å². The molecule has 1 aromatic heterocycles. The molecule has 0 saturated carbocycles. The van der Waals surface area contributed by atoms with Crippen LogP contribution in [0, 0.1) is 18.6 Å². The first-order valence-corrected chi connectivity index (χ1v) is 7.99. The fourth-order valence-corrected chi connectivity index (χ4v) is 2.57. The van der Waals surface area contributed by atoms with E-state index in [4.69, 9.17) is 4.74 Å². The van der Waals surface area contributed by atoms with Gasteiger partial charge in [-0.3, -0.25) is 4.79 Å². The second kappa shape index (κ2) is 7.52. The Bertz CT molecular complexity index is 759. The Kier molecular flexibility index (Phi) is 5.18. The van der Waals surface area contributed by atoms with Gasteiger partial charge in [0.15, 0.2) is 0 Å². The number of carbonyl (C=O) groups is 1. The van der Waals surface area contributed by atoms with Gasteiger partial charge in [0.1, 0.15) is 23.0 Å². The molecular weight excluding hydrogens is 330 g/mol. The topological polar surface area (TPSA) is 76.1 Å². The number of carbonyl (C=O) groups excluding carboxylic acids is 1. The fraction of sp³-hybridized carbons (Fsp3) is 0.353. The molecule has 1 unspecified atom stereocenters. The van der Waals surface area contributed by atoms with E-state index in [0.29, 0.717) is 18.8 Å². The Morgan fingerprint density at radius 3 is 2.76 bits per heavy atom. The van der Waals surface area contributed by atoms with Crippen molar-refractivity contribution >= 4 is 17.5 Å². The molecule has 132 valence electrons. The lowest BCUT2D eigenvalue weighted by molar-refractivity contribution is 0.0853. The Morgan fingerprint density at radius 1 is 1.32 bits per heavy atom. The molecule has 0 spiro atoms. The van der Waals surface area contributed by atoms with Crippen LogP contribution >= 0.6 is 0 Å². The van der Waals surface area contributed by atoms with Crippen LogP contribution in [-0.2, 0) is 4.74 Å². The third-order valence-corrected chi connectivity index (χ3v) is 3.80. The highest BCUT2D eigenvalue weighted by atomic mass is 19.1. The number of nitrogens with zero attached hydrogens (tertiary/aromatic N) is 2. The van der Waals surface area contributed by atoms with Gasteiger partial charge in [0, 0.05) is 18.8 Å². The van der Waals surface area contributed by atoms with Crippen molar-refractivity contribution in [2.45, 2.75) is 25.9 Å². The SMILES string of the molecule is Cc1cc(C(=O)NCC2CCCO2)nc(Nc2c(F)cccc2F)n1. The summed E-state index contributed by atoms with van der Waals surface area (Å²) in [5.41, 5.74) is 0.250. The molecule has 0 aliphatic carbocycles. The molecule has 1 saturated heterocycles. The third kappa shape index (κ3) is 4.27. The molecule has 0 bridgehead atoms. The van der Waals surface area contributed by atoms with Gasteiger partial charge >= 0.3 is 0 Å². The summed E-state index contributed by atoms with van der Waals surface area (Å²) in [6.07, 6.45) is 1.90. The lowest BCUT2D eigenvalue weighted by Crippen LogP contribution is -2.32. The summed E-state index contributed by atoms with van der Waals surface area (Å²) in [4.78, 5) is 20.4. The summed E-state index contributed by atoms with van der Waals surface area (Å²) in [7, 11) is 0. The number of rotatable bonds is 5. The maximum absolute atomic E-state index is 13.7. The van der Waals surface area contributed by atoms with Crippen LogP contribution in [0.15, 0.2) is 24.3 Å². The van der Waals surface area contributed by atoms with Gasteiger partial charge < -0.3 is 15.4 Å². The summed E-state index contributed by atoms with van der Waals surface area (Å²) >= 11 is 0. The summed E-state index contributed by atoms with van der Waals surface area (Å²) in [5.74, 6) is -1.98. The molecule has 25 heavy (non-hydrogen) atoms. The van der Waals surface area contributed by atoms with Crippen molar-refractivity contribution in [3.05, 3.63) is 47.3 Å². The molecule has 2 heterocycles. The van der Waals surface area contributed by atoms with Crippen molar-refractivity contribution in [3.63, 3.8) is 0 Å². The smallest absolute Gasteiger partial charge is 0.270 e. The molecule has 3 rings (SSSR count). The van der Waals surface area contributed by atoms with E-state index in [9.17, 15) is 13.6 Å². The first-order chi connectivity index (χ1) is 12.0. The zero-order valence-corrected chi connectivity index (χ0v) is 13.7. The van der Waals surface area contributed by atoms with E-state index in [0.717, 1.165) is 25.0 Å². The van der Waals surface area contributed by atoms with Crippen molar-refractivity contribution < 1.29 is 18.3 Å². The lowest BCUT2D eigenvalue weighted by Gasteiger charge is -2.12. The summed E-state index contributed by atoms with van der Waals surface area (Å²) in [5, 5.41) is 5.25. The largest absolute Gasteiger partial charge is 0.376 e. The van der Waals surface area contributed by atoms with Crippen LogP contribution in [-0.4, -0.2) is 35.1 Å². The van der Waals surface area contributed by atoms with Crippen LogP contribution in [0.25, 0.3) is 0 Å². The van der Waals surface area contributed by atoms with Gasteiger partial charge in [0.25, 0.3) is 5.91 Å². The van der Waals surface area contributed by atoms with Gasteiger partial charge in [-0.05, 0) is 38.0 Å². The van der Waals surface area contributed by atoms with Gasteiger partial charge in [0.2, 0.25) is 5.95 Å². The first-order valence-electron chi connectivity index (χ1n) is 7.99. The minimum absolute atomic E-state index is 0.0111. The third-order valence-electron chi connectivity index (χ3n) is 3.80. The van der Waals surface area contributed by atoms with Crippen molar-refractivity contribution in [3.8, 4) is 0 Å². The summed E-state index contributed by atoms with van der Waals surface area (Å²) in [6.45, 7) is 2.77. The minimum Gasteiger partial charge on any atom is -0.376 e. The highest BCUT2D eigenvalue weighted by molar-refractivity contribution is 5.92. The number of benzene rings is 1. The minimum atomic E-state index is -0.769. The number of hydrogen-bond acceptors (Lipinski definition) is 5. The number of nitrogens with one attached hydrogen (secondary N) is 2. The predicted octanol–water partition coefficient (Wildman–Crippen LogP) is 2.72. The van der Waals surface area contributed by atoms with Crippen LogP contribution in [0.2, 0.25) is 0 Å². The van der Waals surface area contributed by atoms with E-state index in [1.807, 2.05) is 0 Å². The maximum Gasteiger partial charge on any atom is 0.270 e. The zero-order valence-electron chi connectivity index (χ0n) is 13.7. The molecule has 2 aromatic rings. The van der Waals surface area contributed by atoms with Crippen LogP contribution in [0.5, 0.6) is 0 Å². The molecule has 1 aliphatic heterocycles. The molecule has 1 amide bonds. The van der Waals surface area contributed by atoms with Crippen LogP contribution < -0.4 is 10.6 Å². The quantitative estimate of drug-likeness (QED) is 0.869. The summed E-state index contributed by atoms with van der Waals surface area (Å²) in [6, 6.07) is 5.01. The Balaban J connectivity index is 1.74. The maximum atomic E-state index is 13.7. The highest BCUT2D eigenvalue weighted by Crippen LogP contribution is 2.21. The average molecular weight is 348 g/mol. The molecule has 2 N–H and O–H groups in total. The van der Waals surface area contributed by atoms with Crippen molar-refractivity contribution in [2.75, 3.05) is 18.5 Å². The number of hydrogen-bond donors (Lipinski definition) is 2. The number of anilines is 2. The normalized spacial score (nSPS) is 16.7. The molecule has 0 radical (unpaired) electrons. The van der Waals surface area contributed by atoms with Gasteiger partial charge in [-0.25, -0.2) is 18.7 Å². The highest BCUT2D eigenvalue weighted by Gasteiger charge is 2.18. The van der Waals surface area contributed by atoms with Gasteiger partial charge in [0.05, 0.1) is 6.10 Å². The Hall–Kier alpha value is -2.61. The monoisotopic (exact) mass is 348 g/mol. The average Bonchev–Trinajstić information content (AvgIpc) is 3.09. The number of para-hydroxylation sites is 1. The molecule has 1 fully saturated rings.